The molecular weight excluding hydrogens is 506 g/mol. The number of ketones is 1. The van der Waals surface area contributed by atoms with E-state index in [0.29, 0.717) is 29.7 Å². The Labute approximate surface area is 233 Å². The quantitative estimate of drug-likeness (QED) is 0.186. The number of hydrogen-bond donors (Lipinski definition) is 1. The Morgan fingerprint density at radius 3 is 2.52 bits per heavy atom. The molecule has 8 nitrogen and oxygen atoms in total. The molecule has 1 aliphatic heterocycles. The molecule has 0 aromatic heterocycles. The average molecular weight is 540 g/mol. The van der Waals surface area contributed by atoms with Crippen LogP contribution in [-0.4, -0.2) is 23.7 Å². The van der Waals surface area contributed by atoms with Crippen molar-refractivity contribution < 1.29 is 19.2 Å². The van der Waals surface area contributed by atoms with Crippen molar-refractivity contribution in [3.63, 3.8) is 0 Å². The Balaban J connectivity index is 1.66. The van der Waals surface area contributed by atoms with E-state index in [2.05, 4.69) is 12.2 Å². The molecule has 1 amide bonds. The molecule has 2 aliphatic rings. The number of non-ortho nitro benzene ring substituents is 1. The maximum Gasteiger partial charge on any atom is 0.269 e. The number of allylic oxidation sites excluding steroid dienone is 1. The van der Waals surface area contributed by atoms with Gasteiger partial charge < -0.3 is 10.1 Å². The van der Waals surface area contributed by atoms with Crippen LogP contribution < -0.4 is 15.0 Å². The summed E-state index contributed by atoms with van der Waals surface area (Å²) in [5, 5.41) is 15.2. The van der Waals surface area contributed by atoms with E-state index in [9.17, 15) is 19.7 Å². The van der Waals surface area contributed by atoms with Crippen LogP contribution in [-0.2, 0) is 9.59 Å². The number of fused-ring (bicyclic) bond motifs is 1. The third kappa shape index (κ3) is 5.34. The van der Waals surface area contributed by atoms with Gasteiger partial charge in [-0.1, -0.05) is 56.2 Å². The van der Waals surface area contributed by atoms with Gasteiger partial charge in [0.15, 0.2) is 5.78 Å². The Morgan fingerprint density at radius 1 is 1.02 bits per heavy atom. The van der Waals surface area contributed by atoms with E-state index in [-0.39, 0.29) is 29.7 Å². The standard InChI is InChI=1S/C32H33N3O5/c1-3-4-5-13-30(37)34-28-12-7-6-11-26(28)33-27-19-23(21-14-16-25(40-2)17-15-21)20-29(36)31(27)32(34)22-9-8-10-24(18-22)35(38)39/h6-12,14-18,23,32-33H,3-5,13,19-20H2,1-2H3/t23-,32-/m0/s1. The molecule has 0 saturated carbocycles. The third-order valence-corrected chi connectivity index (χ3v) is 7.74. The van der Waals surface area contributed by atoms with Gasteiger partial charge in [0.25, 0.3) is 5.69 Å². The zero-order valence-corrected chi connectivity index (χ0v) is 22.8. The van der Waals surface area contributed by atoms with Crippen molar-refractivity contribution in [2.45, 2.75) is 57.4 Å². The summed E-state index contributed by atoms with van der Waals surface area (Å²) in [6, 6.07) is 20.8. The second kappa shape index (κ2) is 11.7. The number of nitrogens with zero attached hydrogens (tertiary/aromatic N) is 2. The molecule has 0 saturated heterocycles. The molecule has 0 unspecified atom stereocenters. The fraction of sp³-hybridized carbons (Fsp3) is 0.312. The number of Topliss-reactive ketones (excluding diaryl/α,β-unsaturated/α-hetero) is 1. The number of carbonyl (C=O) groups excluding carboxylic acids is 2. The van der Waals surface area contributed by atoms with E-state index >= 15 is 0 Å². The molecule has 3 aromatic rings. The number of nitrogens with one attached hydrogen (secondary N) is 1. The molecule has 0 bridgehead atoms. The van der Waals surface area contributed by atoms with E-state index < -0.39 is 11.0 Å². The van der Waals surface area contributed by atoms with Gasteiger partial charge in [0, 0.05) is 36.2 Å². The van der Waals surface area contributed by atoms with E-state index in [1.54, 1.807) is 24.1 Å². The van der Waals surface area contributed by atoms with Crippen molar-refractivity contribution in [1.82, 2.24) is 0 Å². The van der Waals surface area contributed by atoms with Crippen LogP contribution in [0.3, 0.4) is 0 Å². The summed E-state index contributed by atoms with van der Waals surface area (Å²) in [6.45, 7) is 2.08. The smallest absolute Gasteiger partial charge is 0.269 e. The molecule has 206 valence electrons. The molecule has 5 rings (SSSR count). The van der Waals surface area contributed by atoms with Gasteiger partial charge in [-0.25, -0.2) is 0 Å². The molecule has 40 heavy (non-hydrogen) atoms. The summed E-state index contributed by atoms with van der Waals surface area (Å²) in [4.78, 5) is 41.0. The number of anilines is 2. The summed E-state index contributed by atoms with van der Waals surface area (Å²) >= 11 is 0. The highest BCUT2D eigenvalue weighted by Crippen LogP contribution is 2.48. The van der Waals surface area contributed by atoms with Gasteiger partial charge >= 0.3 is 0 Å². The zero-order chi connectivity index (χ0) is 28.2. The highest BCUT2D eigenvalue weighted by Gasteiger charge is 2.41. The molecule has 0 radical (unpaired) electrons. The minimum atomic E-state index is -0.788. The van der Waals surface area contributed by atoms with Crippen LogP contribution in [0.2, 0.25) is 0 Å². The first kappa shape index (κ1) is 27.1. The Bertz CT molecular complexity index is 1460. The molecular formula is C32H33N3O5. The molecule has 1 N–H and O–H groups in total. The molecule has 3 aromatic carbocycles. The number of rotatable bonds is 8. The highest BCUT2D eigenvalue weighted by molar-refractivity contribution is 6.06. The number of ether oxygens (including phenoxy) is 1. The molecule has 1 aliphatic carbocycles. The lowest BCUT2D eigenvalue weighted by molar-refractivity contribution is -0.384. The molecule has 0 spiro atoms. The number of carbonyl (C=O) groups is 2. The summed E-state index contributed by atoms with van der Waals surface area (Å²) < 4.78 is 5.30. The van der Waals surface area contributed by atoms with Crippen LogP contribution in [0.4, 0.5) is 17.1 Å². The normalized spacial score (nSPS) is 18.4. The van der Waals surface area contributed by atoms with Crippen LogP contribution in [0.25, 0.3) is 0 Å². The highest BCUT2D eigenvalue weighted by atomic mass is 16.6. The first-order valence-electron chi connectivity index (χ1n) is 13.7. The first-order valence-corrected chi connectivity index (χ1v) is 13.7. The Morgan fingerprint density at radius 2 is 1.80 bits per heavy atom. The molecule has 1 heterocycles. The summed E-state index contributed by atoms with van der Waals surface area (Å²) in [7, 11) is 1.62. The fourth-order valence-electron chi connectivity index (χ4n) is 5.75. The monoisotopic (exact) mass is 539 g/mol. The summed E-state index contributed by atoms with van der Waals surface area (Å²) in [5.74, 6) is 0.493. The molecule has 2 atom stereocenters. The number of benzene rings is 3. The van der Waals surface area contributed by atoms with Gasteiger partial charge in [-0.05, 0) is 54.2 Å². The summed E-state index contributed by atoms with van der Waals surface area (Å²) in [6.07, 6.45) is 3.76. The van der Waals surface area contributed by atoms with E-state index in [1.165, 1.54) is 12.1 Å². The van der Waals surface area contributed by atoms with Gasteiger partial charge in [-0.3, -0.25) is 24.6 Å². The second-order valence-corrected chi connectivity index (χ2v) is 10.3. The SMILES string of the molecule is CCCCCC(=O)N1c2ccccc2NC2=C(C(=O)C[C@@H](c3ccc(OC)cc3)C2)[C@@H]1c1cccc([N+](=O)[O-])c1. The average Bonchev–Trinajstić information content (AvgIpc) is 3.12. The predicted octanol–water partition coefficient (Wildman–Crippen LogP) is 7.08. The second-order valence-electron chi connectivity index (χ2n) is 10.3. The van der Waals surface area contributed by atoms with Gasteiger partial charge in [-0.15, -0.1) is 0 Å². The van der Waals surface area contributed by atoms with Crippen molar-refractivity contribution in [3.05, 3.63) is 105 Å². The Kier molecular flexibility index (Phi) is 7.96. The lowest BCUT2D eigenvalue weighted by Crippen LogP contribution is -2.38. The third-order valence-electron chi connectivity index (χ3n) is 7.74. The minimum absolute atomic E-state index is 0.0608. The van der Waals surface area contributed by atoms with E-state index in [4.69, 9.17) is 4.74 Å². The van der Waals surface area contributed by atoms with Crippen LogP contribution in [0.5, 0.6) is 5.75 Å². The van der Waals surface area contributed by atoms with Crippen LogP contribution in [0, 0.1) is 10.1 Å². The van der Waals surface area contributed by atoms with Gasteiger partial charge in [-0.2, -0.15) is 0 Å². The van der Waals surface area contributed by atoms with Crippen molar-refractivity contribution in [2.24, 2.45) is 0 Å². The van der Waals surface area contributed by atoms with Crippen molar-refractivity contribution in [2.75, 3.05) is 17.3 Å². The number of methoxy groups -OCH3 is 1. The fourth-order valence-corrected chi connectivity index (χ4v) is 5.75. The zero-order valence-electron chi connectivity index (χ0n) is 22.8. The lowest BCUT2D eigenvalue weighted by atomic mass is 9.78. The van der Waals surface area contributed by atoms with Crippen molar-refractivity contribution >= 4 is 28.8 Å². The molecule has 0 fully saturated rings. The summed E-state index contributed by atoms with van der Waals surface area (Å²) in [5.41, 5.74) is 4.11. The number of amides is 1. The van der Waals surface area contributed by atoms with Crippen LogP contribution in [0.1, 0.15) is 68.5 Å². The van der Waals surface area contributed by atoms with Crippen LogP contribution >= 0.6 is 0 Å². The van der Waals surface area contributed by atoms with Gasteiger partial charge in [0.05, 0.1) is 29.4 Å². The van der Waals surface area contributed by atoms with E-state index in [0.717, 1.165) is 42.0 Å². The molecule has 8 heteroatoms. The number of hydrogen-bond acceptors (Lipinski definition) is 6. The van der Waals surface area contributed by atoms with Crippen molar-refractivity contribution in [1.29, 1.82) is 0 Å². The minimum Gasteiger partial charge on any atom is -0.497 e. The van der Waals surface area contributed by atoms with E-state index in [1.807, 2.05) is 48.5 Å². The number of nitro benzene ring substituents is 1. The number of para-hydroxylation sites is 2. The lowest BCUT2D eigenvalue weighted by Gasteiger charge is -2.35. The van der Waals surface area contributed by atoms with Crippen molar-refractivity contribution in [3.8, 4) is 5.75 Å². The van der Waals surface area contributed by atoms with Gasteiger partial charge in [0.2, 0.25) is 5.91 Å². The maximum atomic E-state index is 14.1. The number of nitro groups is 1. The predicted molar refractivity (Wildman–Crippen MR) is 155 cm³/mol. The first-order chi connectivity index (χ1) is 19.4. The number of unbranched alkanes of at least 4 members (excludes halogenated alkanes) is 2. The maximum absolute atomic E-state index is 14.1. The van der Waals surface area contributed by atoms with Gasteiger partial charge in [0.1, 0.15) is 5.75 Å². The van der Waals surface area contributed by atoms with Crippen LogP contribution in [0.15, 0.2) is 84.1 Å². The largest absolute Gasteiger partial charge is 0.497 e. The Hall–Kier alpha value is -4.46. The topological polar surface area (TPSA) is 102 Å².